The van der Waals surface area contributed by atoms with E-state index in [4.69, 9.17) is 21.7 Å². The SMILES string of the molecule is CCOC(=O)N1C(=S)O[C@H](c2ccccc2)[C@@H]1c1ccccc1. The van der Waals surface area contributed by atoms with Crippen LogP contribution in [0.15, 0.2) is 60.7 Å². The fraction of sp³-hybridized carbons (Fsp3) is 0.222. The van der Waals surface area contributed by atoms with Crippen molar-refractivity contribution in [3.8, 4) is 0 Å². The quantitative estimate of drug-likeness (QED) is 0.790. The van der Waals surface area contributed by atoms with Crippen LogP contribution >= 0.6 is 12.2 Å². The van der Waals surface area contributed by atoms with E-state index >= 15 is 0 Å². The van der Waals surface area contributed by atoms with Gasteiger partial charge in [0.25, 0.3) is 5.17 Å². The molecule has 0 aromatic heterocycles. The maximum atomic E-state index is 12.4. The van der Waals surface area contributed by atoms with Gasteiger partial charge in [0.2, 0.25) is 0 Å². The molecule has 118 valence electrons. The van der Waals surface area contributed by atoms with E-state index < -0.39 is 6.09 Å². The van der Waals surface area contributed by atoms with Gasteiger partial charge in [0, 0.05) is 0 Å². The van der Waals surface area contributed by atoms with Gasteiger partial charge in [-0.25, -0.2) is 9.69 Å². The summed E-state index contributed by atoms with van der Waals surface area (Å²) in [5, 5.41) is 0.145. The Hall–Kier alpha value is -2.40. The highest BCUT2D eigenvalue weighted by Crippen LogP contribution is 2.43. The van der Waals surface area contributed by atoms with Crippen molar-refractivity contribution in [2.45, 2.75) is 19.1 Å². The summed E-state index contributed by atoms with van der Waals surface area (Å²) in [4.78, 5) is 13.8. The Morgan fingerprint density at radius 1 is 1.09 bits per heavy atom. The van der Waals surface area contributed by atoms with E-state index in [1.807, 2.05) is 60.7 Å². The molecule has 0 saturated carbocycles. The topological polar surface area (TPSA) is 38.8 Å². The van der Waals surface area contributed by atoms with E-state index in [0.717, 1.165) is 11.1 Å². The number of thiocarbonyl (C=S) groups is 1. The van der Waals surface area contributed by atoms with Gasteiger partial charge >= 0.3 is 6.09 Å². The number of carbonyl (C=O) groups excluding carboxylic acids is 1. The molecule has 0 unspecified atom stereocenters. The van der Waals surface area contributed by atoms with Crippen LogP contribution in [0.2, 0.25) is 0 Å². The maximum Gasteiger partial charge on any atom is 0.418 e. The van der Waals surface area contributed by atoms with Gasteiger partial charge in [-0.05, 0) is 30.3 Å². The Bertz CT molecular complexity index is 690. The zero-order valence-corrected chi connectivity index (χ0v) is 13.5. The third-order valence-electron chi connectivity index (χ3n) is 3.72. The standard InChI is InChI=1S/C18H17NO3S/c1-2-21-17(20)19-15(13-9-5-3-6-10-13)16(22-18(19)23)14-11-7-4-8-12-14/h3-12,15-16H,2H2,1H3/t15-,16+/m0/s1. The summed E-state index contributed by atoms with van der Waals surface area (Å²) in [7, 11) is 0. The number of hydrogen-bond donors (Lipinski definition) is 0. The highest BCUT2D eigenvalue weighted by molar-refractivity contribution is 7.80. The van der Waals surface area contributed by atoms with Crippen molar-refractivity contribution in [3.05, 3.63) is 71.8 Å². The van der Waals surface area contributed by atoms with Gasteiger partial charge in [0.05, 0.1) is 6.61 Å². The fourth-order valence-electron chi connectivity index (χ4n) is 2.73. The predicted molar refractivity (Wildman–Crippen MR) is 90.9 cm³/mol. The number of rotatable bonds is 3. The summed E-state index contributed by atoms with van der Waals surface area (Å²) in [6.45, 7) is 2.06. The molecule has 1 amide bonds. The van der Waals surface area contributed by atoms with Crippen molar-refractivity contribution in [3.63, 3.8) is 0 Å². The Morgan fingerprint density at radius 3 is 2.22 bits per heavy atom. The summed E-state index contributed by atoms with van der Waals surface area (Å²) < 4.78 is 11.0. The van der Waals surface area contributed by atoms with Crippen molar-refractivity contribution in [1.29, 1.82) is 0 Å². The second-order valence-corrected chi connectivity index (χ2v) is 5.49. The van der Waals surface area contributed by atoms with Crippen LogP contribution in [-0.2, 0) is 9.47 Å². The minimum atomic E-state index is -0.482. The number of amides is 1. The molecule has 2 atom stereocenters. The van der Waals surface area contributed by atoms with Crippen LogP contribution in [-0.4, -0.2) is 22.8 Å². The van der Waals surface area contributed by atoms with E-state index in [9.17, 15) is 4.79 Å². The van der Waals surface area contributed by atoms with E-state index in [1.54, 1.807) is 6.92 Å². The van der Waals surface area contributed by atoms with Crippen LogP contribution in [0.4, 0.5) is 4.79 Å². The summed E-state index contributed by atoms with van der Waals surface area (Å²) >= 11 is 5.29. The molecule has 23 heavy (non-hydrogen) atoms. The van der Waals surface area contributed by atoms with Crippen molar-refractivity contribution >= 4 is 23.5 Å². The number of nitrogens with zero attached hydrogens (tertiary/aromatic N) is 1. The second-order valence-electron chi connectivity index (χ2n) is 5.14. The molecule has 1 saturated heterocycles. The number of carbonyl (C=O) groups is 1. The van der Waals surface area contributed by atoms with Gasteiger partial charge in [-0.1, -0.05) is 60.7 Å². The molecule has 1 fully saturated rings. The van der Waals surface area contributed by atoms with E-state index in [-0.39, 0.29) is 23.9 Å². The molecule has 1 heterocycles. The second kappa shape index (κ2) is 6.79. The molecule has 0 N–H and O–H groups in total. The Morgan fingerprint density at radius 2 is 1.65 bits per heavy atom. The average molecular weight is 327 g/mol. The molecular weight excluding hydrogens is 310 g/mol. The largest absolute Gasteiger partial charge is 0.460 e. The summed E-state index contributed by atoms with van der Waals surface area (Å²) in [5.74, 6) is 0. The lowest BCUT2D eigenvalue weighted by molar-refractivity contribution is 0.116. The molecular formula is C18H17NO3S. The minimum absolute atomic E-state index is 0.145. The summed E-state index contributed by atoms with van der Waals surface area (Å²) in [6.07, 6.45) is -0.833. The first-order chi connectivity index (χ1) is 11.2. The highest BCUT2D eigenvalue weighted by atomic mass is 32.1. The Balaban J connectivity index is 2.03. The smallest absolute Gasteiger partial charge is 0.418 e. The van der Waals surface area contributed by atoms with Gasteiger partial charge in [-0.2, -0.15) is 0 Å². The van der Waals surface area contributed by atoms with Gasteiger partial charge in [-0.15, -0.1) is 0 Å². The van der Waals surface area contributed by atoms with Crippen molar-refractivity contribution in [1.82, 2.24) is 4.90 Å². The van der Waals surface area contributed by atoms with Gasteiger partial charge in [0.15, 0.2) is 6.10 Å². The first kappa shape index (κ1) is 15.5. The minimum Gasteiger partial charge on any atom is -0.460 e. The predicted octanol–water partition coefficient (Wildman–Crippen LogP) is 4.24. The molecule has 2 aromatic rings. The zero-order chi connectivity index (χ0) is 16.2. The van der Waals surface area contributed by atoms with Crippen LogP contribution in [0.3, 0.4) is 0 Å². The van der Waals surface area contributed by atoms with Crippen LogP contribution in [0.25, 0.3) is 0 Å². The monoisotopic (exact) mass is 327 g/mol. The number of hydrogen-bond acceptors (Lipinski definition) is 4. The third kappa shape index (κ3) is 3.05. The third-order valence-corrected chi connectivity index (χ3v) is 4.02. The number of benzene rings is 2. The van der Waals surface area contributed by atoms with Gasteiger partial charge in [-0.3, -0.25) is 0 Å². The first-order valence-corrected chi connectivity index (χ1v) is 7.89. The lowest BCUT2D eigenvalue weighted by atomic mass is 9.96. The Kier molecular flexibility index (Phi) is 4.57. The molecule has 0 bridgehead atoms. The van der Waals surface area contributed by atoms with Crippen molar-refractivity contribution in [2.75, 3.05) is 6.61 Å². The number of ether oxygens (including phenoxy) is 2. The zero-order valence-electron chi connectivity index (χ0n) is 12.7. The molecule has 4 nitrogen and oxygen atoms in total. The summed E-state index contributed by atoms with van der Waals surface area (Å²) in [6, 6.07) is 19.1. The van der Waals surface area contributed by atoms with E-state index in [1.165, 1.54) is 4.90 Å². The molecule has 1 aliphatic heterocycles. The molecule has 0 radical (unpaired) electrons. The molecule has 0 aliphatic carbocycles. The lowest BCUT2D eigenvalue weighted by Crippen LogP contribution is -2.34. The van der Waals surface area contributed by atoms with Crippen LogP contribution in [0.5, 0.6) is 0 Å². The lowest BCUT2D eigenvalue weighted by Gasteiger charge is -2.24. The molecule has 3 rings (SSSR count). The van der Waals surface area contributed by atoms with E-state index in [0.29, 0.717) is 0 Å². The molecule has 5 heteroatoms. The highest BCUT2D eigenvalue weighted by Gasteiger charge is 2.45. The van der Waals surface area contributed by atoms with Crippen LogP contribution < -0.4 is 0 Å². The van der Waals surface area contributed by atoms with Crippen LogP contribution in [0, 0.1) is 0 Å². The van der Waals surface area contributed by atoms with Gasteiger partial charge in [0.1, 0.15) is 6.04 Å². The van der Waals surface area contributed by atoms with Crippen molar-refractivity contribution < 1.29 is 14.3 Å². The average Bonchev–Trinajstić information content (AvgIpc) is 2.94. The fourth-order valence-corrected chi connectivity index (χ4v) is 3.02. The maximum absolute atomic E-state index is 12.4. The van der Waals surface area contributed by atoms with E-state index in [2.05, 4.69) is 0 Å². The molecule has 2 aromatic carbocycles. The summed E-state index contributed by atoms with van der Waals surface area (Å²) in [5.41, 5.74) is 1.92. The molecule has 1 aliphatic rings. The van der Waals surface area contributed by atoms with Gasteiger partial charge < -0.3 is 9.47 Å². The molecule has 0 spiro atoms. The normalized spacial score (nSPS) is 20.2. The van der Waals surface area contributed by atoms with Crippen LogP contribution in [0.1, 0.15) is 30.2 Å². The Labute approximate surface area is 140 Å². The first-order valence-electron chi connectivity index (χ1n) is 7.49. The van der Waals surface area contributed by atoms with Crippen molar-refractivity contribution in [2.24, 2.45) is 0 Å².